The summed E-state index contributed by atoms with van der Waals surface area (Å²) in [6, 6.07) is 3.41. The van der Waals surface area contributed by atoms with Crippen molar-refractivity contribution >= 4 is 28.9 Å². The summed E-state index contributed by atoms with van der Waals surface area (Å²) in [6.45, 7) is 2.88. The Labute approximate surface area is 268 Å². The number of aliphatic hydroxyl groups excluding tert-OH is 2. The Hall–Kier alpha value is -3.66. The summed E-state index contributed by atoms with van der Waals surface area (Å²) >= 11 is 0. The number of rotatable bonds is 15. The lowest BCUT2D eigenvalue weighted by Crippen LogP contribution is -2.32. The van der Waals surface area contributed by atoms with Crippen LogP contribution in [0.15, 0.2) is 54.2 Å². The van der Waals surface area contributed by atoms with E-state index < -0.39 is 12.5 Å². The Morgan fingerprint density at radius 2 is 1.80 bits per heavy atom. The highest BCUT2D eigenvalue weighted by Gasteiger charge is 2.35. The summed E-state index contributed by atoms with van der Waals surface area (Å²) in [7, 11) is 0. The van der Waals surface area contributed by atoms with E-state index in [2.05, 4.69) is 18.2 Å². The van der Waals surface area contributed by atoms with Crippen LogP contribution in [-0.2, 0) is 25.5 Å². The fourth-order valence-electron chi connectivity index (χ4n) is 6.32. The predicted molar refractivity (Wildman–Crippen MR) is 177 cm³/mol. The highest BCUT2D eigenvalue weighted by molar-refractivity contribution is 6.02. The predicted octanol–water partition coefficient (Wildman–Crippen LogP) is 5.30. The third kappa shape index (κ3) is 11.0. The lowest BCUT2D eigenvalue weighted by atomic mass is 9.72. The zero-order valence-corrected chi connectivity index (χ0v) is 26.4. The van der Waals surface area contributed by atoms with Crippen molar-refractivity contribution in [2.75, 3.05) is 19.8 Å². The van der Waals surface area contributed by atoms with Crippen LogP contribution in [0.25, 0.3) is 5.57 Å². The number of Topliss-reactive ketones (excluding diaryl/α,β-unsaturated/α-hetero) is 3. The third-order valence-electron chi connectivity index (χ3n) is 8.43. The molecule has 0 fully saturated rings. The van der Waals surface area contributed by atoms with Crippen LogP contribution in [0.1, 0.15) is 96.0 Å². The number of aliphatic hydroxyl groups is 2. The second-order valence-electron chi connectivity index (χ2n) is 11.8. The van der Waals surface area contributed by atoms with E-state index in [0.717, 1.165) is 35.1 Å². The summed E-state index contributed by atoms with van der Waals surface area (Å²) in [6.07, 6.45) is 16.5. The number of carbonyl (C=O) groups excluding carboxylic acids is 4. The molecule has 0 bridgehead atoms. The highest BCUT2D eigenvalue weighted by atomic mass is 16.5. The summed E-state index contributed by atoms with van der Waals surface area (Å²) < 4.78 is 5.05. The number of allylic oxidation sites excluding steroid dienone is 8. The fraction of sp³-hybridized carbons (Fsp3) is 0.500. The zero-order valence-electron chi connectivity index (χ0n) is 26.4. The molecule has 0 radical (unpaired) electrons. The second-order valence-corrected chi connectivity index (χ2v) is 11.8. The Morgan fingerprint density at radius 3 is 2.47 bits per heavy atom. The summed E-state index contributed by atoms with van der Waals surface area (Å²) in [5.74, 6) is -2.42. The van der Waals surface area contributed by atoms with Crippen LogP contribution in [0.5, 0.6) is 5.75 Å². The van der Waals surface area contributed by atoms with Gasteiger partial charge in [-0.2, -0.15) is 0 Å². The molecule has 0 heterocycles. The van der Waals surface area contributed by atoms with Crippen molar-refractivity contribution in [1.29, 1.82) is 0 Å². The van der Waals surface area contributed by atoms with Crippen molar-refractivity contribution in [3.8, 4) is 5.75 Å². The average Bonchev–Trinajstić information content (AvgIpc) is 2.96. The maximum atomic E-state index is 13.4. The molecule has 9 nitrogen and oxygen atoms in total. The first-order valence-corrected chi connectivity index (χ1v) is 15.7. The van der Waals surface area contributed by atoms with Crippen LogP contribution < -0.4 is 0 Å². The van der Waals surface area contributed by atoms with Gasteiger partial charge in [0.05, 0.1) is 25.2 Å². The topological polar surface area (TPSA) is 170 Å². The van der Waals surface area contributed by atoms with Gasteiger partial charge in [-0.15, -0.1) is 0 Å². The molecule has 0 aromatic heterocycles. The minimum atomic E-state index is -0.794. The maximum absolute atomic E-state index is 13.4. The molecule has 0 saturated carbocycles. The van der Waals surface area contributed by atoms with Gasteiger partial charge in [-0.1, -0.05) is 48.1 Å². The van der Waals surface area contributed by atoms with Gasteiger partial charge in [0.25, 0.3) is 0 Å². The summed E-state index contributed by atoms with van der Waals surface area (Å²) in [5.41, 5.74) is 4.11. The molecule has 0 amide bonds. The average molecular weight is 629 g/mol. The second kappa shape index (κ2) is 19.0. The van der Waals surface area contributed by atoms with E-state index in [1.165, 1.54) is 6.92 Å². The molecular formula is C36H52O9. The van der Waals surface area contributed by atoms with Crippen molar-refractivity contribution in [3.05, 3.63) is 70.9 Å². The van der Waals surface area contributed by atoms with Crippen LogP contribution >= 0.6 is 0 Å². The van der Waals surface area contributed by atoms with Gasteiger partial charge in [-0.25, -0.2) is 0 Å². The van der Waals surface area contributed by atoms with Crippen molar-refractivity contribution in [2.45, 2.75) is 78.1 Å². The van der Waals surface area contributed by atoms with Crippen LogP contribution in [-0.4, -0.2) is 63.9 Å². The monoisotopic (exact) mass is 628 g/mol. The number of carbonyl (C=O) groups is 4. The van der Waals surface area contributed by atoms with Crippen molar-refractivity contribution in [2.24, 2.45) is 17.8 Å². The molecule has 1 aromatic rings. The molecule has 3 atom stereocenters. The van der Waals surface area contributed by atoms with Gasteiger partial charge in [0.1, 0.15) is 17.3 Å². The van der Waals surface area contributed by atoms with Crippen molar-refractivity contribution < 1.29 is 47.6 Å². The molecule has 2 aliphatic carbocycles. The van der Waals surface area contributed by atoms with Crippen molar-refractivity contribution in [3.63, 3.8) is 0 Å². The van der Waals surface area contributed by atoms with Gasteiger partial charge in [0.15, 0.2) is 5.78 Å². The van der Waals surface area contributed by atoms with E-state index in [4.69, 9.17) is 4.74 Å². The molecule has 5 N–H and O–H groups in total. The van der Waals surface area contributed by atoms with E-state index in [1.807, 2.05) is 24.3 Å². The Morgan fingerprint density at radius 1 is 1.07 bits per heavy atom. The lowest BCUT2D eigenvalue weighted by molar-refractivity contribution is -0.143. The van der Waals surface area contributed by atoms with E-state index in [0.29, 0.717) is 44.3 Å². The third-order valence-corrected chi connectivity index (χ3v) is 8.43. The molecule has 3 unspecified atom stereocenters. The summed E-state index contributed by atoms with van der Waals surface area (Å²) in [5, 5.41) is 30.5. The fourth-order valence-corrected chi connectivity index (χ4v) is 6.32. The minimum Gasteiger partial charge on any atom is -0.507 e. The maximum Gasteiger partial charge on any atom is 0.305 e. The van der Waals surface area contributed by atoms with Crippen LogP contribution in [0, 0.1) is 17.8 Å². The van der Waals surface area contributed by atoms with E-state index in [1.54, 1.807) is 13.0 Å². The number of fused-ring (bicyclic) bond motifs is 1. The molecule has 0 aliphatic heterocycles. The van der Waals surface area contributed by atoms with E-state index >= 15 is 0 Å². The molecule has 9 heteroatoms. The molecule has 1 aromatic carbocycles. The molecule has 45 heavy (non-hydrogen) atoms. The molecule has 0 spiro atoms. The number of phenolic OH excluding ortho intramolecular Hbond substituents is 1. The molecular weight excluding hydrogens is 576 g/mol. The highest BCUT2D eigenvalue weighted by Crippen LogP contribution is 2.40. The summed E-state index contributed by atoms with van der Waals surface area (Å²) in [4.78, 5) is 49.6. The first-order chi connectivity index (χ1) is 21.2. The molecule has 0 saturated heterocycles. The van der Waals surface area contributed by atoms with Crippen LogP contribution in [0.4, 0.5) is 0 Å². The normalized spacial score (nSPS) is 21.4. The number of aromatic hydroxyl groups is 1. The Balaban J connectivity index is 0.00000705. The van der Waals surface area contributed by atoms with Gasteiger partial charge in [0, 0.05) is 28.2 Å². The Bertz CT molecular complexity index is 1330. The molecule has 2 aliphatic rings. The van der Waals surface area contributed by atoms with E-state index in [9.17, 15) is 34.5 Å². The number of esters is 1. The van der Waals surface area contributed by atoms with Gasteiger partial charge in [0.2, 0.25) is 0 Å². The molecule has 250 valence electrons. The smallest absolute Gasteiger partial charge is 0.305 e. The standard InChI is InChI=1S/C36H46O8.H2O.2H2/c1-3-44-35(43)12-8-10-25-9-6-4-5-7-11-27(14-13-25)29-15-16-32(40)36-30(29)21-26(22-34(36)42)20-28(17-18-37)31(23-38)33(41)19-24(2)39;;;/h4-7,13-16,26,28,31,37-38,40H,3,8-12,17-23H2,1-2H3;1H2;2*1H/b6-4-,7-5-,25-13+,27-14+;;;. The van der Waals surface area contributed by atoms with Gasteiger partial charge in [-0.3, -0.25) is 19.2 Å². The van der Waals surface area contributed by atoms with Crippen LogP contribution in [0.3, 0.4) is 0 Å². The van der Waals surface area contributed by atoms with Crippen LogP contribution in [0.2, 0.25) is 0 Å². The zero-order chi connectivity index (χ0) is 32.1. The first kappa shape index (κ1) is 37.5. The number of ketones is 3. The van der Waals surface area contributed by atoms with Gasteiger partial charge < -0.3 is 25.5 Å². The number of benzene rings is 1. The lowest BCUT2D eigenvalue weighted by Gasteiger charge is -2.32. The number of hydrogen-bond donors (Lipinski definition) is 3. The SMILES string of the molecule is CCOC(=O)CCC/C1=C/C=C(/c2ccc(O)c3c2CC(CC(CCO)C(CO)C(=O)CC(C)=O)CC3=O)C/C=C\C=C/C1.O.[HH].[HH]. The number of phenols is 1. The minimum absolute atomic E-state index is 0. The van der Waals surface area contributed by atoms with Gasteiger partial charge in [-0.05, 0) is 93.4 Å². The first-order valence-electron chi connectivity index (χ1n) is 15.7. The molecule has 3 rings (SSSR count). The Kier molecular flexibility index (Phi) is 15.8. The quantitative estimate of drug-likeness (QED) is 0.174. The number of hydrogen-bond acceptors (Lipinski definition) is 8. The largest absolute Gasteiger partial charge is 0.507 e. The van der Waals surface area contributed by atoms with Gasteiger partial charge >= 0.3 is 5.97 Å². The van der Waals surface area contributed by atoms with Crippen molar-refractivity contribution in [1.82, 2.24) is 0 Å². The van der Waals surface area contributed by atoms with E-state index in [-0.39, 0.29) is 75.1 Å². The number of ether oxygens (including phenoxy) is 1.